The molecule has 1 fully saturated rings. The summed E-state index contributed by atoms with van der Waals surface area (Å²) in [6, 6.07) is 3.23. The number of imidazole rings is 1. The summed E-state index contributed by atoms with van der Waals surface area (Å²) in [6.07, 6.45) is 3.77. The van der Waals surface area contributed by atoms with Crippen LogP contribution in [0.15, 0.2) is 24.4 Å². The number of alkyl halides is 2. The number of pyridine rings is 1. The molecule has 2 aromatic rings. The summed E-state index contributed by atoms with van der Waals surface area (Å²) in [4.78, 5) is 13.2. The molecule has 0 amide bonds. The lowest BCUT2D eigenvalue weighted by Crippen LogP contribution is -2.41. The zero-order valence-corrected chi connectivity index (χ0v) is 17.7. The number of allylic oxidation sites excluding steroid dienone is 1. The van der Waals surface area contributed by atoms with Crippen LogP contribution in [0.5, 0.6) is 5.88 Å². The van der Waals surface area contributed by atoms with Crippen molar-refractivity contribution in [1.82, 2.24) is 19.7 Å². The van der Waals surface area contributed by atoms with Gasteiger partial charge in [0, 0.05) is 31.3 Å². The molecule has 2 aromatic heterocycles. The second-order valence-corrected chi connectivity index (χ2v) is 9.25. The first-order valence-electron chi connectivity index (χ1n) is 9.61. The number of aromatic hydroxyl groups is 1. The quantitative estimate of drug-likeness (QED) is 0.452. The molecule has 3 heterocycles. The predicted octanol–water partition coefficient (Wildman–Crippen LogP) is 2.24. The summed E-state index contributed by atoms with van der Waals surface area (Å²) in [7, 11) is -3.26. The highest BCUT2D eigenvalue weighted by Crippen LogP contribution is 2.29. The van der Waals surface area contributed by atoms with E-state index in [1.807, 2.05) is 4.90 Å². The van der Waals surface area contributed by atoms with Crippen LogP contribution in [0.2, 0.25) is 0 Å². The zero-order chi connectivity index (χ0) is 22.6. The van der Waals surface area contributed by atoms with Crippen LogP contribution in [-0.2, 0) is 10.0 Å². The van der Waals surface area contributed by atoms with E-state index in [0.29, 0.717) is 36.0 Å². The number of hydrogen-bond acceptors (Lipinski definition) is 7. The number of piperidine rings is 1. The first kappa shape index (κ1) is 22.8. The van der Waals surface area contributed by atoms with E-state index in [1.165, 1.54) is 18.3 Å². The van der Waals surface area contributed by atoms with Crippen molar-refractivity contribution in [3.05, 3.63) is 30.2 Å². The Morgan fingerprint density at radius 1 is 1.48 bits per heavy atom. The molecule has 4 N–H and O–H groups in total. The molecule has 1 saturated heterocycles. The number of halogens is 2. The molecule has 0 spiro atoms. The number of sulfonamides is 1. The summed E-state index contributed by atoms with van der Waals surface area (Å²) in [6.45, 7) is 1.65. The number of hydrogen-bond donors (Lipinski definition) is 4. The maximum atomic E-state index is 12.4. The lowest BCUT2D eigenvalue weighted by molar-refractivity contribution is 0.226. The number of anilines is 1. The van der Waals surface area contributed by atoms with E-state index < -0.39 is 22.2 Å². The molecule has 0 aliphatic carbocycles. The van der Waals surface area contributed by atoms with Gasteiger partial charge >= 0.3 is 0 Å². The van der Waals surface area contributed by atoms with E-state index >= 15 is 0 Å². The van der Waals surface area contributed by atoms with Crippen molar-refractivity contribution >= 4 is 27.6 Å². The van der Waals surface area contributed by atoms with Gasteiger partial charge in [-0.3, -0.25) is 5.41 Å². The standard InChI is InChI=1S/C19H24F2N6O3S/c1-31(29,30)24-9-12-3-2-6-27(11-12)17-7-13(8-18(28)26-17)15-10-23-16(25-15)5-4-14(22)19(20)21/h4-5,7-8,10,12,19,22,24H,2-3,6,9,11H2,1H3,(H,23,25)(H,26,28)/b5-4-,22-14?/t12-/m1/s1. The Labute approximate surface area is 178 Å². The number of aromatic nitrogens is 3. The molecule has 1 aliphatic rings. The Bertz CT molecular complexity index is 1070. The fourth-order valence-corrected chi connectivity index (χ4v) is 3.88. The van der Waals surface area contributed by atoms with Gasteiger partial charge in [-0.05, 0) is 37.0 Å². The van der Waals surface area contributed by atoms with Crippen molar-refractivity contribution in [2.24, 2.45) is 5.92 Å². The van der Waals surface area contributed by atoms with E-state index in [9.17, 15) is 22.3 Å². The maximum Gasteiger partial charge on any atom is 0.279 e. The van der Waals surface area contributed by atoms with E-state index in [0.717, 1.165) is 31.7 Å². The average Bonchev–Trinajstić information content (AvgIpc) is 3.19. The molecule has 0 unspecified atom stereocenters. The summed E-state index contributed by atoms with van der Waals surface area (Å²) in [5.41, 5.74) is 0.344. The fourth-order valence-electron chi connectivity index (χ4n) is 3.34. The van der Waals surface area contributed by atoms with Crippen LogP contribution < -0.4 is 9.62 Å². The van der Waals surface area contributed by atoms with Crippen LogP contribution >= 0.6 is 0 Å². The van der Waals surface area contributed by atoms with Gasteiger partial charge in [-0.15, -0.1) is 0 Å². The average molecular weight is 455 g/mol. The van der Waals surface area contributed by atoms with Crippen LogP contribution in [-0.4, -0.2) is 66.5 Å². The van der Waals surface area contributed by atoms with Gasteiger partial charge in [0.1, 0.15) is 11.6 Å². The Hall–Kier alpha value is -2.86. The van der Waals surface area contributed by atoms with Crippen LogP contribution in [0.3, 0.4) is 0 Å². The lowest BCUT2D eigenvalue weighted by Gasteiger charge is -2.33. The molecule has 31 heavy (non-hydrogen) atoms. The molecule has 1 aliphatic heterocycles. The highest BCUT2D eigenvalue weighted by atomic mass is 32.2. The van der Waals surface area contributed by atoms with Crippen LogP contribution in [0.25, 0.3) is 17.3 Å². The first-order chi connectivity index (χ1) is 14.6. The van der Waals surface area contributed by atoms with Crippen molar-refractivity contribution in [3.8, 4) is 17.1 Å². The van der Waals surface area contributed by atoms with E-state index in [1.54, 1.807) is 6.07 Å². The number of aromatic amines is 1. The largest absolute Gasteiger partial charge is 0.493 e. The number of rotatable bonds is 8. The summed E-state index contributed by atoms with van der Waals surface area (Å²) in [5, 5.41) is 17.3. The Morgan fingerprint density at radius 2 is 2.26 bits per heavy atom. The van der Waals surface area contributed by atoms with Gasteiger partial charge < -0.3 is 15.0 Å². The third-order valence-electron chi connectivity index (χ3n) is 4.84. The van der Waals surface area contributed by atoms with Gasteiger partial charge in [-0.1, -0.05) is 0 Å². The van der Waals surface area contributed by atoms with Gasteiger partial charge in [0.15, 0.2) is 0 Å². The van der Waals surface area contributed by atoms with Crippen molar-refractivity contribution in [2.75, 3.05) is 30.8 Å². The summed E-state index contributed by atoms with van der Waals surface area (Å²) in [5.74, 6) is 0.772. The second-order valence-electron chi connectivity index (χ2n) is 7.42. The highest BCUT2D eigenvalue weighted by Gasteiger charge is 2.23. The molecule has 0 radical (unpaired) electrons. The molecular formula is C19H24F2N6O3S. The topological polar surface area (TPSA) is 135 Å². The van der Waals surface area contributed by atoms with Crippen LogP contribution in [0.1, 0.15) is 18.7 Å². The van der Waals surface area contributed by atoms with Gasteiger partial charge in [0.05, 0.1) is 23.9 Å². The Balaban J connectivity index is 1.75. The minimum Gasteiger partial charge on any atom is -0.493 e. The molecule has 12 heteroatoms. The SMILES string of the molecule is CS(=O)(=O)NC[C@H]1CCCN(c2cc(-c3cnc(/C=C\C(=N)C(F)F)[nH]3)cc(O)n2)C1. The monoisotopic (exact) mass is 454 g/mol. The Kier molecular flexibility index (Phi) is 7.01. The van der Waals surface area contributed by atoms with Gasteiger partial charge in [0.2, 0.25) is 15.9 Å². The van der Waals surface area contributed by atoms with Gasteiger partial charge in [-0.25, -0.2) is 26.9 Å². The number of H-pyrrole nitrogens is 1. The third-order valence-corrected chi connectivity index (χ3v) is 5.53. The predicted molar refractivity (Wildman–Crippen MR) is 114 cm³/mol. The van der Waals surface area contributed by atoms with Crippen LogP contribution in [0, 0.1) is 11.3 Å². The first-order valence-corrected chi connectivity index (χ1v) is 11.5. The van der Waals surface area contributed by atoms with Crippen molar-refractivity contribution in [2.45, 2.75) is 19.3 Å². The van der Waals surface area contributed by atoms with Crippen molar-refractivity contribution in [3.63, 3.8) is 0 Å². The number of nitrogens with zero attached hydrogens (tertiary/aromatic N) is 3. The minimum absolute atomic E-state index is 0.116. The molecule has 0 aromatic carbocycles. The van der Waals surface area contributed by atoms with Crippen molar-refractivity contribution in [1.29, 1.82) is 5.41 Å². The highest BCUT2D eigenvalue weighted by molar-refractivity contribution is 7.88. The molecule has 0 bridgehead atoms. The van der Waals surface area contributed by atoms with Gasteiger partial charge in [0.25, 0.3) is 6.43 Å². The zero-order valence-electron chi connectivity index (χ0n) is 16.8. The van der Waals surface area contributed by atoms with E-state index in [-0.39, 0.29) is 11.8 Å². The minimum atomic E-state index is -3.26. The van der Waals surface area contributed by atoms with Crippen LogP contribution in [0.4, 0.5) is 14.6 Å². The smallest absolute Gasteiger partial charge is 0.279 e. The maximum absolute atomic E-state index is 12.4. The molecular weight excluding hydrogens is 430 g/mol. The third kappa shape index (κ3) is 6.56. The molecule has 168 valence electrons. The molecule has 3 rings (SSSR count). The van der Waals surface area contributed by atoms with E-state index in [2.05, 4.69) is 19.7 Å². The lowest BCUT2D eigenvalue weighted by atomic mass is 9.98. The second kappa shape index (κ2) is 9.52. The Morgan fingerprint density at radius 3 is 2.97 bits per heavy atom. The fraction of sp³-hybridized carbons (Fsp3) is 0.421. The normalized spacial score (nSPS) is 17.5. The van der Waals surface area contributed by atoms with E-state index in [4.69, 9.17) is 5.41 Å². The summed E-state index contributed by atoms with van der Waals surface area (Å²) < 4.78 is 50.1. The molecule has 9 nitrogen and oxygen atoms in total. The van der Waals surface area contributed by atoms with Gasteiger partial charge in [-0.2, -0.15) is 4.98 Å². The molecule has 0 saturated carbocycles. The van der Waals surface area contributed by atoms with Crippen molar-refractivity contribution < 1.29 is 22.3 Å². The number of nitrogens with one attached hydrogen (secondary N) is 3. The molecule has 1 atom stereocenters. The summed E-state index contributed by atoms with van der Waals surface area (Å²) >= 11 is 0.